The van der Waals surface area contributed by atoms with Crippen LogP contribution in [0.3, 0.4) is 0 Å². The number of urea groups is 1. The fourth-order valence-electron chi connectivity index (χ4n) is 6.72. The normalized spacial score (nSPS) is 11.7. The van der Waals surface area contributed by atoms with Crippen molar-refractivity contribution in [3.05, 3.63) is 58.7 Å². The molecule has 0 fully saturated rings. The Balaban J connectivity index is 0.0000231. The van der Waals surface area contributed by atoms with Crippen LogP contribution in [0, 0.1) is 0 Å². The second-order valence-corrected chi connectivity index (χ2v) is 15.8. The van der Waals surface area contributed by atoms with Gasteiger partial charge in [-0.1, -0.05) is 42.8 Å². The number of benzene rings is 2. The van der Waals surface area contributed by atoms with Crippen molar-refractivity contribution in [1.82, 2.24) is 31.1 Å². The Hall–Kier alpha value is -6.37. The summed E-state index contributed by atoms with van der Waals surface area (Å²) < 4.78 is 0. The van der Waals surface area contributed by atoms with Crippen LogP contribution < -0.4 is 41.7 Å². The van der Waals surface area contributed by atoms with Crippen molar-refractivity contribution in [1.29, 1.82) is 0 Å². The average molecular weight is 1010 g/mol. The van der Waals surface area contributed by atoms with E-state index in [-0.39, 0.29) is 121 Å². The van der Waals surface area contributed by atoms with Crippen molar-refractivity contribution in [2.24, 2.45) is 0 Å². The van der Waals surface area contributed by atoms with E-state index in [4.69, 9.17) is 15.3 Å². The summed E-state index contributed by atoms with van der Waals surface area (Å²) in [5, 5.41) is 94.6. The van der Waals surface area contributed by atoms with Gasteiger partial charge in [-0.3, -0.25) is 29.0 Å². The maximum absolute atomic E-state index is 12.8. The predicted molar refractivity (Wildman–Crippen MR) is 233 cm³/mol. The fraction of sp³-hybridized carbons (Fsp3) is 0.523. The molecule has 2 rings (SSSR count). The zero-order valence-electron chi connectivity index (χ0n) is 38.5. The molecule has 24 heteroatoms. The molecular weight excluding hydrogens is 954 g/mol. The van der Waals surface area contributed by atoms with Gasteiger partial charge in [0.05, 0.1) is 11.9 Å². The smallest absolute Gasteiger partial charge is 0.872 e. The molecule has 0 aromatic heterocycles. The first-order chi connectivity index (χ1) is 31.7. The number of hydrogen-bond acceptors (Lipinski definition) is 15. The number of amides is 4. The number of carbonyl (C=O) groups excluding carboxylic acids is 5. The van der Waals surface area contributed by atoms with E-state index >= 15 is 0 Å². The Kier molecular flexibility index (Phi) is 28.4. The Morgan fingerprint density at radius 3 is 1.46 bits per heavy atom. The van der Waals surface area contributed by atoms with Gasteiger partial charge < -0.3 is 71.7 Å². The first kappa shape index (κ1) is 59.6. The number of rotatable bonds is 35. The minimum atomic E-state index is -1.52. The molecule has 0 aliphatic rings. The number of carboxylic acid groups (broad SMARTS) is 6. The number of nitrogens with zero attached hydrogens (tertiary/aromatic N) is 2. The van der Waals surface area contributed by atoms with Crippen molar-refractivity contribution in [3.63, 3.8) is 0 Å². The molecule has 0 radical (unpaired) electrons. The predicted octanol–water partition coefficient (Wildman–Crippen LogP) is -2.65. The average Bonchev–Trinajstić information content (AvgIpc) is 3.24. The molecular formula is C44H59GaN6O17. The molecule has 0 aliphatic carbocycles. The van der Waals surface area contributed by atoms with Gasteiger partial charge in [0.25, 0.3) is 0 Å². The van der Waals surface area contributed by atoms with E-state index < -0.39 is 85.6 Å². The van der Waals surface area contributed by atoms with Crippen LogP contribution in [-0.4, -0.2) is 155 Å². The van der Waals surface area contributed by atoms with Crippen LogP contribution in [-0.2, 0) is 64.3 Å². The summed E-state index contributed by atoms with van der Waals surface area (Å²) >= 11 is 0. The summed E-state index contributed by atoms with van der Waals surface area (Å²) in [6, 6.07) is 4.73. The zero-order valence-corrected chi connectivity index (χ0v) is 40.0. The van der Waals surface area contributed by atoms with Crippen molar-refractivity contribution < 1.29 is 85.4 Å². The summed E-state index contributed by atoms with van der Waals surface area (Å²) in [5.41, 5.74) is 1.65. The van der Waals surface area contributed by atoms with Gasteiger partial charge in [-0.2, -0.15) is 0 Å². The Morgan fingerprint density at radius 1 is 0.559 bits per heavy atom. The Bertz CT molecular complexity index is 2030. The standard InChI is InChI=1S/C44H62N6O17.Ga/c51-34-13-8-28(22-30(34)24-49(26-40(59)60)20-21-50(27-41(61)62)25-31-23-29(9-14-35(31)52)11-16-38(55)56)10-15-37(54)46-18-4-1-2-7-36(53)45-19-5-3-6-32(42(63)64)47-44(67)48-33(43(65)66)12-17-39(57)58;/h8-9,13-14,22-23,32-33,51-52H,1-7,10-12,15-21,24-27H2,(H,45,53)(H,46,54)(H,55,56)(H,57,58)(H,59,60)(H,61,62)(H,63,64)(H,65,66)(H2,47,48,67);/q;+3/p-3/t32-,33-;/m0./s1. The van der Waals surface area contributed by atoms with E-state index in [0.717, 1.165) is 0 Å². The molecule has 2 aromatic rings. The molecule has 23 nitrogen and oxygen atoms in total. The van der Waals surface area contributed by atoms with Gasteiger partial charge in [0.1, 0.15) is 12.1 Å². The molecule has 4 amide bonds. The number of nitrogens with one attached hydrogen (secondary N) is 4. The molecule has 0 unspecified atom stereocenters. The molecule has 8 N–H and O–H groups in total. The number of aliphatic carboxylic acids is 6. The Labute approximate surface area is 406 Å². The van der Waals surface area contributed by atoms with Crippen LogP contribution in [0.5, 0.6) is 11.5 Å². The summed E-state index contributed by atoms with van der Waals surface area (Å²) in [6.07, 6.45) is 2.04. The second kappa shape index (κ2) is 32.4. The fourth-order valence-corrected chi connectivity index (χ4v) is 6.72. The van der Waals surface area contributed by atoms with E-state index in [1.165, 1.54) is 34.1 Å². The minimum absolute atomic E-state index is 0. The van der Waals surface area contributed by atoms with E-state index in [0.29, 0.717) is 49.8 Å². The van der Waals surface area contributed by atoms with E-state index in [1.807, 2.05) is 5.32 Å². The van der Waals surface area contributed by atoms with Gasteiger partial charge >= 0.3 is 51.1 Å². The molecule has 0 bridgehead atoms. The minimum Gasteiger partial charge on any atom is -0.872 e. The van der Waals surface area contributed by atoms with Crippen LogP contribution in [0.2, 0.25) is 0 Å². The first-order valence-electron chi connectivity index (χ1n) is 21.6. The molecule has 0 saturated carbocycles. The third-order valence-electron chi connectivity index (χ3n) is 10.2. The number of carboxylic acids is 6. The van der Waals surface area contributed by atoms with Gasteiger partial charge in [0.15, 0.2) is 0 Å². The van der Waals surface area contributed by atoms with E-state index in [2.05, 4.69) is 16.0 Å². The van der Waals surface area contributed by atoms with Crippen molar-refractivity contribution >= 4 is 73.5 Å². The monoisotopic (exact) mass is 1010 g/mol. The maximum atomic E-state index is 12.8. The third-order valence-corrected chi connectivity index (χ3v) is 10.2. The summed E-state index contributed by atoms with van der Waals surface area (Å²) in [4.78, 5) is 107. The van der Waals surface area contributed by atoms with Crippen LogP contribution in [0.1, 0.15) is 94.3 Å². The number of carbonyl (C=O) groups is 9. The quantitative estimate of drug-likeness (QED) is 0.0258. The molecule has 0 saturated heterocycles. The van der Waals surface area contributed by atoms with Crippen LogP contribution in [0.4, 0.5) is 4.79 Å². The van der Waals surface area contributed by atoms with Crippen LogP contribution >= 0.6 is 0 Å². The van der Waals surface area contributed by atoms with Crippen LogP contribution in [0.15, 0.2) is 36.4 Å². The number of aryl methyl sites for hydroxylation is 2. The Morgan fingerprint density at radius 2 is 1.00 bits per heavy atom. The SMILES string of the molecule is O=C([O-])CN(CCN(CC(=O)[O-])Cc1cc(CCC(=O)NCCCCCC(=O)NCCCC[C@H](NC(=O)N[C@@H](CCC(=O)O)C(=O)O)C(=O)O)ccc1[O-])Cc1cc(CCC(=O)O)ccc1[O-].[Ga+3].[H+]. The van der Waals surface area contributed by atoms with Gasteiger partial charge in [0.2, 0.25) is 11.8 Å². The molecule has 370 valence electrons. The van der Waals surface area contributed by atoms with Crippen molar-refractivity contribution in [2.45, 2.75) is 109 Å². The van der Waals surface area contributed by atoms with Gasteiger partial charge in [-0.15, -0.1) is 11.5 Å². The topological polar surface area (TPSA) is 381 Å². The molecule has 2 atom stereocenters. The summed E-state index contributed by atoms with van der Waals surface area (Å²) in [5.74, 6) is -9.28. The van der Waals surface area contributed by atoms with Crippen molar-refractivity contribution in [3.8, 4) is 11.5 Å². The largest absolute Gasteiger partial charge is 3.00 e. The summed E-state index contributed by atoms with van der Waals surface area (Å²) in [7, 11) is 0. The van der Waals surface area contributed by atoms with Gasteiger partial charge in [-0.05, 0) is 73.6 Å². The molecule has 0 aliphatic heterocycles. The molecule has 2 aromatic carbocycles. The molecule has 68 heavy (non-hydrogen) atoms. The first-order valence-corrected chi connectivity index (χ1v) is 21.6. The van der Waals surface area contributed by atoms with Crippen molar-refractivity contribution in [2.75, 3.05) is 39.3 Å². The summed E-state index contributed by atoms with van der Waals surface area (Å²) in [6.45, 7) is -0.999. The van der Waals surface area contributed by atoms with E-state index in [9.17, 15) is 68.7 Å². The van der Waals surface area contributed by atoms with Gasteiger partial charge in [-0.25, -0.2) is 14.4 Å². The maximum Gasteiger partial charge on any atom is 3.00 e. The van der Waals surface area contributed by atoms with E-state index in [1.54, 1.807) is 12.1 Å². The van der Waals surface area contributed by atoms with Crippen LogP contribution in [0.25, 0.3) is 0 Å². The number of unbranched alkanes of at least 4 members (excludes halogenated alkanes) is 3. The number of hydrogen-bond donors (Lipinski definition) is 8. The zero-order chi connectivity index (χ0) is 49.9. The van der Waals surface area contributed by atoms with Gasteiger partial charge in [0, 0.05) is 78.0 Å². The third kappa shape index (κ3) is 26.1. The second-order valence-electron chi connectivity index (χ2n) is 15.8. The molecule has 0 heterocycles. The molecule has 0 spiro atoms.